The van der Waals surface area contributed by atoms with E-state index in [9.17, 15) is 0 Å². The molecule has 1 N–H and O–H groups in total. The first-order valence-corrected chi connectivity index (χ1v) is 5.47. The molecule has 1 nitrogen and oxygen atoms in total. The maximum atomic E-state index is 5.17. The molecule has 2 heteroatoms. The lowest BCUT2D eigenvalue weighted by Gasteiger charge is -2.06. The van der Waals surface area contributed by atoms with E-state index in [-0.39, 0.29) is 0 Å². The zero-order valence-corrected chi connectivity index (χ0v) is 9.89. The smallest absolute Gasteiger partial charge is 0.0343 e. The number of hydrogen-bond acceptors (Lipinski definition) is 1. The highest BCUT2D eigenvalue weighted by Gasteiger charge is 1.95. The summed E-state index contributed by atoms with van der Waals surface area (Å²) in [7, 11) is 0. The minimum Gasteiger partial charge on any atom is -0.385 e. The van der Waals surface area contributed by atoms with Crippen LogP contribution in [0.3, 0.4) is 0 Å². The van der Waals surface area contributed by atoms with Crippen molar-refractivity contribution in [2.45, 2.75) is 19.8 Å². The van der Waals surface area contributed by atoms with Gasteiger partial charge in [0.1, 0.15) is 0 Å². The number of aryl methyl sites for hydroxylation is 1. The minimum atomic E-state index is 0.836. The summed E-state index contributed by atoms with van der Waals surface area (Å²) in [4.78, 5) is 0. The van der Waals surface area contributed by atoms with Crippen LogP contribution in [0.2, 0.25) is 0 Å². The van der Waals surface area contributed by atoms with Crippen molar-refractivity contribution < 1.29 is 0 Å². The predicted molar refractivity (Wildman–Crippen MR) is 65.4 cm³/mol. The van der Waals surface area contributed by atoms with Crippen LogP contribution in [0.25, 0.3) is 0 Å². The van der Waals surface area contributed by atoms with Crippen molar-refractivity contribution in [3.63, 3.8) is 0 Å². The molecule has 1 aromatic rings. The van der Waals surface area contributed by atoms with E-state index in [1.54, 1.807) is 0 Å². The average molecular weight is 252 g/mol. The zero-order chi connectivity index (χ0) is 10.4. The Labute approximate surface area is 94.0 Å². The molecule has 14 heavy (non-hydrogen) atoms. The van der Waals surface area contributed by atoms with Crippen LogP contribution in [0.5, 0.6) is 0 Å². The molecule has 0 heterocycles. The molecule has 0 atom stereocenters. The molecular formula is C12H14BrN. The van der Waals surface area contributed by atoms with E-state index in [0.29, 0.717) is 0 Å². The summed E-state index contributed by atoms with van der Waals surface area (Å²) in [5.74, 6) is 2.63. The molecule has 1 aromatic carbocycles. The Balaban J connectivity index is 2.44. The molecule has 0 aliphatic rings. The molecule has 0 radical (unpaired) electrons. The zero-order valence-electron chi connectivity index (χ0n) is 8.31. The summed E-state index contributed by atoms with van der Waals surface area (Å²) >= 11 is 3.47. The molecule has 0 fully saturated rings. The molecule has 0 bridgehead atoms. The highest BCUT2D eigenvalue weighted by molar-refractivity contribution is 9.10. The van der Waals surface area contributed by atoms with Crippen LogP contribution in [0.15, 0.2) is 22.7 Å². The second kappa shape index (κ2) is 5.72. The molecule has 0 saturated heterocycles. The molecular weight excluding hydrogens is 238 g/mol. The first-order valence-electron chi connectivity index (χ1n) is 4.67. The molecule has 74 valence electrons. The van der Waals surface area contributed by atoms with E-state index < -0.39 is 0 Å². The van der Waals surface area contributed by atoms with Gasteiger partial charge >= 0.3 is 0 Å². The Bertz CT molecular complexity index is 339. The lowest BCUT2D eigenvalue weighted by Crippen LogP contribution is -2.00. The normalized spacial score (nSPS) is 9.50. The maximum absolute atomic E-state index is 5.17. The molecule has 1 rings (SSSR count). The number of unbranched alkanes of at least 4 members (excludes halogenated alkanes) is 1. The Morgan fingerprint density at radius 2 is 2.29 bits per heavy atom. The number of nitrogens with one attached hydrogen (secondary N) is 1. The van der Waals surface area contributed by atoms with Crippen LogP contribution in [0.1, 0.15) is 18.4 Å². The standard InChI is InChI=1S/C12H14BrN/c1-3-4-5-8-14-11-6-7-12(13)10(2)9-11/h1,6-7,9,14H,4-5,8H2,2H3. The molecule has 0 aliphatic carbocycles. The summed E-state index contributed by atoms with van der Waals surface area (Å²) in [6.07, 6.45) is 7.02. The molecule has 0 aromatic heterocycles. The molecule has 0 aliphatic heterocycles. The number of hydrogen-bond donors (Lipinski definition) is 1. The van der Waals surface area contributed by atoms with Gasteiger partial charge in [0.25, 0.3) is 0 Å². The van der Waals surface area contributed by atoms with Gasteiger partial charge in [-0.25, -0.2) is 0 Å². The number of rotatable bonds is 4. The lowest BCUT2D eigenvalue weighted by molar-refractivity contribution is 0.907. The van der Waals surface area contributed by atoms with Crippen LogP contribution in [0.4, 0.5) is 5.69 Å². The molecule has 0 unspecified atom stereocenters. The SMILES string of the molecule is C#CCCCNc1ccc(Br)c(C)c1. The van der Waals surface area contributed by atoms with E-state index in [0.717, 1.165) is 29.5 Å². The summed E-state index contributed by atoms with van der Waals surface area (Å²) in [5, 5.41) is 3.33. The maximum Gasteiger partial charge on any atom is 0.0343 e. The summed E-state index contributed by atoms with van der Waals surface area (Å²) < 4.78 is 1.15. The van der Waals surface area contributed by atoms with E-state index >= 15 is 0 Å². The highest BCUT2D eigenvalue weighted by Crippen LogP contribution is 2.19. The third-order valence-electron chi connectivity index (χ3n) is 1.98. The Kier molecular flexibility index (Phi) is 4.55. The van der Waals surface area contributed by atoms with Gasteiger partial charge in [0, 0.05) is 23.1 Å². The topological polar surface area (TPSA) is 12.0 Å². The van der Waals surface area contributed by atoms with E-state index in [1.165, 1.54) is 5.56 Å². The van der Waals surface area contributed by atoms with Gasteiger partial charge in [-0.15, -0.1) is 12.3 Å². The summed E-state index contributed by atoms with van der Waals surface area (Å²) in [5.41, 5.74) is 2.40. The largest absolute Gasteiger partial charge is 0.385 e. The Hall–Kier alpha value is -0.940. The third kappa shape index (κ3) is 3.43. The van der Waals surface area contributed by atoms with E-state index in [4.69, 9.17) is 6.42 Å². The van der Waals surface area contributed by atoms with Crippen LogP contribution >= 0.6 is 15.9 Å². The monoisotopic (exact) mass is 251 g/mol. The molecule has 0 amide bonds. The molecule has 0 saturated carbocycles. The average Bonchev–Trinajstić information content (AvgIpc) is 2.18. The fraction of sp³-hybridized carbons (Fsp3) is 0.333. The second-order valence-corrected chi connectivity index (χ2v) is 4.05. The van der Waals surface area contributed by atoms with Crippen LogP contribution in [-0.4, -0.2) is 6.54 Å². The first-order chi connectivity index (χ1) is 6.74. The highest BCUT2D eigenvalue weighted by atomic mass is 79.9. The van der Waals surface area contributed by atoms with Crippen LogP contribution < -0.4 is 5.32 Å². The Morgan fingerprint density at radius 3 is 2.93 bits per heavy atom. The lowest BCUT2D eigenvalue weighted by atomic mass is 10.2. The van der Waals surface area contributed by atoms with Crippen molar-refractivity contribution in [2.75, 3.05) is 11.9 Å². The van der Waals surface area contributed by atoms with Crippen molar-refractivity contribution in [3.05, 3.63) is 28.2 Å². The number of benzene rings is 1. The van der Waals surface area contributed by atoms with Gasteiger partial charge in [-0.3, -0.25) is 0 Å². The fourth-order valence-corrected chi connectivity index (χ4v) is 1.42. The summed E-state index contributed by atoms with van der Waals surface area (Å²) in [6, 6.07) is 6.24. The number of anilines is 1. The van der Waals surface area contributed by atoms with Crippen molar-refractivity contribution >= 4 is 21.6 Å². The first kappa shape index (κ1) is 11.1. The number of terminal acetylenes is 1. The van der Waals surface area contributed by atoms with Gasteiger partial charge in [-0.05, 0) is 37.1 Å². The van der Waals surface area contributed by atoms with E-state index in [2.05, 4.69) is 52.3 Å². The molecule has 0 spiro atoms. The van der Waals surface area contributed by atoms with Crippen LogP contribution in [0, 0.1) is 19.3 Å². The van der Waals surface area contributed by atoms with Crippen molar-refractivity contribution in [2.24, 2.45) is 0 Å². The quantitative estimate of drug-likeness (QED) is 0.638. The summed E-state index contributed by atoms with van der Waals surface area (Å²) in [6.45, 7) is 3.02. The minimum absolute atomic E-state index is 0.836. The van der Waals surface area contributed by atoms with Crippen molar-refractivity contribution in [3.8, 4) is 12.3 Å². The van der Waals surface area contributed by atoms with E-state index in [1.807, 2.05) is 0 Å². The van der Waals surface area contributed by atoms with Gasteiger partial charge in [0.05, 0.1) is 0 Å². The number of halogens is 1. The van der Waals surface area contributed by atoms with Crippen molar-refractivity contribution in [1.29, 1.82) is 0 Å². The predicted octanol–water partition coefficient (Wildman–Crippen LogP) is 3.58. The van der Waals surface area contributed by atoms with Crippen LogP contribution in [-0.2, 0) is 0 Å². The van der Waals surface area contributed by atoms with Gasteiger partial charge in [-0.2, -0.15) is 0 Å². The van der Waals surface area contributed by atoms with Crippen molar-refractivity contribution in [1.82, 2.24) is 0 Å². The second-order valence-electron chi connectivity index (χ2n) is 3.20. The van der Waals surface area contributed by atoms with Gasteiger partial charge in [0.2, 0.25) is 0 Å². The van der Waals surface area contributed by atoms with Gasteiger partial charge in [0.15, 0.2) is 0 Å². The Morgan fingerprint density at radius 1 is 1.50 bits per heavy atom. The van der Waals surface area contributed by atoms with Gasteiger partial charge < -0.3 is 5.32 Å². The third-order valence-corrected chi connectivity index (χ3v) is 2.87. The van der Waals surface area contributed by atoms with Gasteiger partial charge in [-0.1, -0.05) is 15.9 Å². The fourth-order valence-electron chi connectivity index (χ4n) is 1.18.